The largest absolute Gasteiger partial charge is 0.451 e. The molecule has 1 N–H and O–H groups in total. The Kier molecular flexibility index (Phi) is 4.69. The second-order valence-corrected chi connectivity index (χ2v) is 5.60. The second-order valence-electron chi connectivity index (χ2n) is 5.20. The summed E-state index contributed by atoms with van der Waals surface area (Å²) in [6, 6.07) is 15.5. The van der Waals surface area contributed by atoms with Gasteiger partial charge in [-0.3, -0.25) is 14.9 Å². The summed E-state index contributed by atoms with van der Waals surface area (Å²) in [5, 5.41) is 22.6. The third-order valence-electron chi connectivity index (χ3n) is 3.55. The first kappa shape index (κ1) is 17.2. The number of nitriles is 1. The lowest BCUT2D eigenvalue weighted by molar-refractivity contribution is -0.384. The number of para-hydroxylation sites is 1. The van der Waals surface area contributed by atoms with Crippen molar-refractivity contribution in [2.75, 3.05) is 5.32 Å². The lowest BCUT2D eigenvalue weighted by Gasteiger charge is -2.05. The molecule has 128 valence electrons. The van der Waals surface area contributed by atoms with Crippen LogP contribution in [0.1, 0.15) is 16.1 Å². The number of benzene rings is 2. The Morgan fingerprint density at radius 3 is 2.65 bits per heavy atom. The summed E-state index contributed by atoms with van der Waals surface area (Å²) in [7, 11) is 0. The van der Waals surface area contributed by atoms with E-state index in [-0.39, 0.29) is 16.5 Å². The zero-order valence-corrected chi connectivity index (χ0v) is 13.9. The van der Waals surface area contributed by atoms with Crippen LogP contribution in [-0.2, 0) is 0 Å². The quantitative estimate of drug-likeness (QED) is 0.534. The third-order valence-corrected chi connectivity index (χ3v) is 3.87. The lowest BCUT2D eigenvalue weighted by Crippen LogP contribution is -2.11. The molecule has 0 saturated heterocycles. The lowest BCUT2D eigenvalue weighted by atomic mass is 10.1. The van der Waals surface area contributed by atoms with E-state index >= 15 is 0 Å². The number of non-ortho nitro benzene ring substituents is 1. The number of rotatable bonds is 4. The van der Waals surface area contributed by atoms with Crippen LogP contribution in [0.15, 0.2) is 59.0 Å². The summed E-state index contributed by atoms with van der Waals surface area (Å²) < 4.78 is 5.51. The van der Waals surface area contributed by atoms with Gasteiger partial charge in [0.2, 0.25) is 0 Å². The molecule has 8 heteroatoms. The molecule has 0 aliphatic carbocycles. The molecule has 26 heavy (non-hydrogen) atoms. The van der Waals surface area contributed by atoms with Crippen LogP contribution in [0.4, 0.5) is 11.4 Å². The highest BCUT2D eigenvalue weighted by molar-refractivity contribution is 6.33. The van der Waals surface area contributed by atoms with Crippen molar-refractivity contribution >= 4 is 28.9 Å². The maximum atomic E-state index is 12.3. The Balaban J connectivity index is 1.85. The number of carbonyl (C=O) groups excluding carboxylic acids is 1. The van der Waals surface area contributed by atoms with Gasteiger partial charge in [0.1, 0.15) is 11.8 Å². The number of nitro benzene ring substituents is 1. The molecule has 3 aromatic rings. The minimum atomic E-state index is -0.552. The molecule has 0 fully saturated rings. The van der Waals surface area contributed by atoms with Crippen molar-refractivity contribution in [2.45, 2.75) is 0 Å². The second kappa shape index (κ2) is 7.09. The van der Waals surface area contributed by atoms with Crippen LogP contribution < -0.4 is 5.32 Å². The molecule has 0 bridgehead atoms. The van der Waals surface area contributed by atoms with Crippen LogP contribution in [0.25, 0.3) is 11.3 Å². The molecule has 2 aromatic carbocycles. The van der Waals surface area contributed by atoms with E-state index in [1.165, 1.54) is 30.3 Å². The van der Waals surface area contributed by atoms with E-state index in [0.29, 0.717) is 22.6 Å². The van der Waals surface area contributed by atoms with E-state index in [2.05, 4.69) is 5.32 Å². The van der Waals surface area contributed by atoms with E-state index in [0.717, 1.165) is 0 Å². The molecule has 1 heterocycles. The van der Waals surface area contributed by atoms with Crippen LogP contribution in [-0.4, -0.2) is 10.8 Å². The Hall–Kier alpha value is -3.63. The number of anilines is 1. The van der Waals surface area contributed by atoms with Crippen molar-refractivity contribution in [3.63, 3.8) is 0 Å². The number of nitrogens with zero attached hydrogens (tertiary/aromatic N) is 2. The number of nitro groups is 1. The van der Waals surface area contributed by atoms with Gasteiger partial charge in [-0.15, -0.1) is 0 Å². The number of carbonyl (C=O) groups is 1. The van der Waals surface area contributed by atoms with E-state index in [9.17, 15) is 14.9 Å². The number of amides is 1. The Labute approximate surface area is 152 Å². The van der Waals surface area contributed by atoms with Crippen molar-refractivity contribution in [1.82, 2.24) is 0 Å². The summed E-state index contributed by atoms with van der Waals surface area (Å²) in [6.45, 7) is 0. The summed E-state index contributed by atoms with van der Waals surface area (Å²) >= 11 is 6.07. The third kappa shape index (κ3) is 3.41. The molecule has 0 aliphatic heterocycles. The van der Waals surface area contributed by atoms with Gasteiger partial charge in [-0.1, -0.05) is 23.7 Å². The smallest absolute Gasteiger partial charge is 0.291 e. The van der Waals surface area contributed by atoms with Gasteiger partial charge in [0, 0.05) is 17.7 Å². The fourth-order valence-corrected chi connectivity index (χ4v) is 2.56. The average Bonchev–Trinajstić information content (AvgIpc) is 3.12. The molecular formula is C18H10ClN3O4. The maximum absolute atomic E-state index is 12.3. The Morgan fingerprint density at radius 1 is 1.19 bits per heavy atom. The fraction of sp³-hybridized carbons (Fsp3) is 0. The molecule has 0 unspecified atom stereocenters. The van der Waals surface area contributed by atoms with Crippen LogP contribution in [0.2, 0.25) is 5.02 Å². The minimum absolute atomic E-state index is 0.0159. The Bertz CT molecular complexity index is 1050. The number of hydrogen-bond donors (Lipinski definition) is 1. The zero-order valence-electron chi connectivity index (χ0n) is 13.1. The molecule has 3 rings (SSSR count). The van der Waals surface area contributed by atoms with Gasteiger partial charge in [-0.2, -0.15) is 5.26 Å². The molecule has 0 aliphatic rings. The maximum Gasteiger partial charge on any atom is 0.291 e. The SMILES string of the molecule is N#Cc1ccccc1NC(=O)c1ccc(-c2ccc([N+](=O)[O-])cc2Cl)o1. The molecule has 1 aromatic heterocycles. The minimum Gasteiger partial charge on any atom is -0.451 e. The number of furan rings is 1. The van der Waals surface area contributed by atoms with Crippen LogP contribution in [0, 0.1) is 21.4 Å². The van der Waals surface area contributed by atoms with Crippen molar-refractivity contribution in [3.8, 4) is 17.4 Å². The highest BCUT2D eigenvalue weighted by Gasteiger charge is 2.17. The Morgan fingerprint density at radius 2 is 1.96 bits per heavy atom. The van der Waals surface area contributed by atoms with Crippen molar-refractivity contribution < 1.29 is 14.1 Å². The first-order chi connectivity index (χ1) is 12.5. The predicted octanol–water partition coefficient (Wildman–Crippen LogP) is 4.63. The summed E-state index contributed by atoms with van der Waals surface area (Å²) in [4.78, 5) is 22.5. The first-order valence-corrected chi connectivity index (χ1v) is 7.72. The molecular weight excluding hydrogens is 358 g/mol. The van der Waals surface area contributed by atoms with E-state index in [1.54, 1.807) is 24.3 Å². The summed E-state index contributed by atoms with van der Waals surface area (Å²) in [6.07, 6.45) is 0. The van der Waals surface area contributed by atoms with Crippen LogP contribution in [0.5, 0.6) is 0 Å². The van der Waals surface area contributed by atoms with E-state index < -0.39 is 10.8 Å². The predicted molar refractivity (Wildman–Crippen MR) is 94.9 cm³/mol. The zero-order chi connectivity index (χ0) is 18.7. The molecule has 0 atom stereocenters. The summed E-state index contributed by atoms with van der Waals surface area (Å²) in [5.41, 5.74) is 0.975. The average molecular weight is 368 g/mol. The van der Waals surface area contributed by atoms with Crippen molar-refractivity contribution in [1.29, 1.82) is 5.26 Å². The van der Waals surface area contributed by atoms with Crippen molar-refractivity contribution in [3.05, 3.63) is 81.1 Å². The molecule has 7 nitrogen and oxygen atoms in total. The monoisotopic (exact) mass is 367 g/mol. The molecule has 0 spiro atoms. The van der Waals surface area contributed by atoms with Gasteiger partial charge >= 0.3 is 0 Å². The van der Waals surface area contributed by atoms with Crippen molar-refractivity contribution in [2.24, 2.45) is 0 Å². The van der Waals surface area contributed by atoms with Crippen LogP contribution >= 0.6 is 11.6 Å². The van der Waals surface area contributed by atoms with Gasteiger partial charge in [-0.25, -0.2) is 0 Å². The summed E-state index contributed by atoms with van der Waals surface area (Å²) in [5.74, 6) is -0.220. The van der Waals surface area contributed by atoms with Gasteiger partial charge in [0.25, 0.3) is 11.6 Å². The first-order valence-electron chi connectivity index (χ1n) is 7.34. The highest BCUT2D eigenvalue weighted by Crippen LogP contribution is 2.32. The highest BCUT2D eigenvalue weighted by atomic mass is 35.5. The van der Waals surface area contributed by atoms with Gasteiger partial charge < -0.3 is 9.73 Å². The molecule has 1 amide bonds. The number of halogens is 1. The van der Waals surface area contributed by atoms with Crippen LogP contribution in [0.3, 0.4) is 0 Å². The topological polar surface area (TPSA) is 109 Å². The molecule has 0 saturated carbocycles. The normalized spacial score (nSPS) is 10.2. The molecule has 0 radical (unpaired) electrons. The standard InChI is InChI=1S/C18H10ClN3O4/c19-14-9-12(22(24)25)5-6-13(14)16-7-8-17(26-16)18(23)21-15-4-2-1-3-11(15)10-20/h1-9H,(H,21,23). The number of nitrogens with one attached hydrogen (secondary N) is 1. The van der Waals surface area contributed by atoms with E-state index in [1.807, 2.05) is 6.07 Å². The van der Waals surface area contributed by atoms with Gasteiger partial charge in [-0.05, 0) is 30.3 Å². The van der Waals surface area contributed by atoms with Gasteiger partial charge in [0.05, 0.1) is 21.2 Å². The fourth-order valence-electron chi connectivity index (χ4n) is 2.30. The number of hydrogen-bond acceptors (Lipinski definition) is 5. The van der Waals surface area contributed by atoms with E-state index in [4.69, 9.17) is 21.3 Å². The van der Waals surface area contributed by atoms with Gasteiger partial charge in [0.15, 0.2) is 5.76 Å².